The molecule has 1 aromatic carbocycles. The maximum Gasteiger partial charge on any atom is 0.159 e. The molecule has 20 heavy (non-hydrogen) atoms. The van der Waals surface area contributed by atoms with E-state index in [4.69, 9.17) is 0 Å². The van der Waals surface area contributed by atoms with Gasteiger partial charge in [-0.2, -0.15) is 0 Å². The van der Waals surface area contributed by atoms with Crippen molar-refractivity contribution >= 4 is 12.4 Å². The molecule has 1 aromatic rings. The zero-order valence-corrected chi connectivity index (χ0v) is 12.3. The molecule has 5 heteroatoms. The molecule has 114 valence electrons. The van der Waals surface area contributed by atoms with Crippen molar-refractivity contribution in [1.29, 1.82) is 0 Å². The van der Waals surface area contributed by atoms with Gasteiger partial charge in [-0.15, -0.1) is 12.4 Å². The summed E-state index contributed by atoms with van der Waals surface area (Å²) < 4.78 is 25.9. The molecule has 0 amide bonds. The Morgan fingerprint density at radius 1 is 1.10 bits per heavy atom. The van der Waals surface area contributed by atoms with Crippen molar-refractivity contribution in [2.75, 3.05) is 6.54 Å². The largest absolute Gasteiger partial charge is 0.387 e. The smallest absolute Gasteiger partial charge is 0.159 e. The van der Waals surface area contributed by atoms with Gasteiger partial charge in [0.25, 0.3) is 0 Å². The Labute approximate surface area is 125 Å². The monoisotopic (exact) mass is 305 g/mol. The van der Waals surface area contributed by atoms with Crippen LogP contribution >= 0.6 is 12.4 Å². The van der Waals surface area contributed by atoms with Gasteiger partial charge in [-0.3, -0.25) is 0 Å². The number of aliphatic hydroxyl groups is 1. The van der Waals surface area contributed by atoms with Crippen molar-refractivity contribution < 1.29 is 13.9 Å². The summed E-state index contributed by atoms with van der Waals surface area (Å²) in [5.74, 6) is -1.79. The second kappa shape index (κ2) is 8.55. The lowest BCUT2D eigenvalue weighted by Crippen LogP contribution is -2.32. The van der Waals surface area contributed by atoms with Crippen molar-refractivity contribution in [1.82, 2.24) is 5.32 Å². The van der Waals surface area contributed by atoms with Gasteiger partial charge in [0.05, 0.1) is 6.10 Å². The highest BCUT2D eigenvalue weighted by molar-refractivity contribution is 5.85. The Kier molecular flexibility index (Phi) is 7.41. The Hall–Kier alpha value is -0.710. The summed E-state index contributed by atoms with van der Waals surface area (Å²) >= 11 is 0. The Morgan fingerprint density at radius 2 is 1.75 bits per heavy atom. The molecule has 0 aliphatic heterocycles. The first-order valence-electron chi connectivity index (χ1n) is 7.03. The summed E-state index contributed by atoms with van der Waals surface area (Å²) in [6, 6.07) is 3.98. The van der Waals surface area contributed by atoms with Crippen molar-refractivity contribution in [2.45, 2.75) is 50.7 Å². The van der Waals surface area contributed by atoms with Gasteiger partial charge in [0.2, 0.25) is 0 Å². The van der Waals surface area contributed by atoms with Crippen molar-refractivity contribution in [2.24, 2.45) is 0 Å². The van der Waals surface area contributed by atoms with E-state index in [1.54, 1.807) is 0 Å². The third-order valence-corrected chi connectivity index (χ3v) is 3.78. The number of rotatable bonds is 4. The van der Waals surface area contributed by atoms with Crippen LogP contribution in [0.3, 0.4) is 0 Å². The van der Waals surface area contributed by atoms with E-state index in [0.717, 1.165) is 25.0 Å². The van der Waals surface area contributed by atoms with Crippen LogP contribution in [0.1, 0.15) is 50.2 Å². The van der Waals surface area contributed by atoms with Gasteiger partial charge in [0, 0.05) is 12.6 Å². The summed E-state index contributed by atoms with van der Waals surface area (Å²) in [7, 11) is 0. The molecule has 2 nitrogen and oxygen atoms in total. The van der Waals surface area contributed by atoms with E-state index < -0.39 is 17.7 Å². The normalized spacial score (nSPS) is 18.1. The lowest BCUT2D eigenvalue weighted by Gasteiger charge is -2.19. The molecule has 1 aliphatic carbocycles. The van der Waals surface area contributed by atoms with Crippen LogP contribution in [0.4, 0.5) is 8.78 Å². The van der Waals surface area contributed by atoms with Crippen molar-refractivity contribution in [3.63, 3.8) is 0 Å². The minimum atomic E-state index is -0.911. The van der Waals surface area contributed by atoms with Crippen LogP contribution in [0, 0.1) is 11.6 Å². The van der Waals surface area contributed by atoms with Gasteiger partial charge in [0.15, 0.2) is 11.6 Å². The molecule has 0 heterocycles. The maximum absolute atomic E-state index is 13.1. The fourth-order valence-corrected chi connectivity index (χ4v) is 2.60. The van der Waals surface area contributed by atoms with Crippen molar-refractivity contribution in [3.05, 3.63) is 35.4 Å². The minimum absolute atomic E-state index is 0. The number of aliphatic hydroxyl groups excluding tert-OH is 1. The number of nitrogens with one attached hydrogen (secondary N) is 1. The van der Waals surface area contributed by atoms with Crippen LogP contribution in [0.15, 0.2) is 18.2 Å². The number of benzene rings is 1. The molecule has 1 unspecified atom stereocenters. The summed E-state index contributed by atoms with van der Waals surface area (Å²) in [6.45, 7) is 0.385. The lowest BCUT2D eigenvalue weighted by molar-refractivity contribution is 0.167. The molecular formula is C15H22ClF2NO. The average Bonchev–Trinajstić information content (AvgIpc) is 2.67. The average molecular weight is 306 g/mol. The highest BCUT2D eigenvalue weighted by Gasteiger charge is 2.15. The molecule has 0 bridgehead atoms. The third kappa shape index (κ3) is 5.00. The number of halogens is 3. The fraction of sp³-hybridized carbons (Fsp3) is 0.600. The summed E-state index contributed by atoms with van der Waals surface area (Å²) in [5.41, 5.74) is 0.417. The van der Waals surface area contributed by atoms with Gasteiger partial charge in [-0.1, -0.05) is 31.7 Å². The minimum Gasteiger partial charge on any atom is -0.387 e. The zero-order chi connectivity index (χ0) is 13.7. The van der Waals surface area contributed by atoms with Crippen LogP contribution in [-0.4, -0.2) is 17.7 Å². The second-order valence-corrected chi connectivity index (χ2v) is 5.29. The summed E-state index contributed by atoms with van der Waals surface area (Å²) in [5, 5.41) is 13.3. The topological polar surface area (TPSA) is 32.3 Å². The predicted octanol–water partition coefficient (Wildman–Crippen LogP) is 3.73. The van der Waals surface area contributed by atoms with E-state index in [2.05, 4.69) is 5.32 Å². The molecule has 1 aliphatic rings. The van der Waals surface area contributed by atoms with Crippen LogP contribution in [0.25, 0.3) is 0 Å². The molecule has 0 radical (unpaired) electrons. The summed E-state index contributed by atoms with van der Waals surface area (Å²) in [4.78, 5) is 0. The van der Waals surface area contributed by atoms with Crippen LogP contribution in [0.2, 0.25) is 0 Å². The van der Waals surface area contributed by atoms with Crippen LogP contribution in [-0.2, 0) is 0 Å². The Morgan fingerprint density at radius 3 is 2.35 bits per heavy atom. The van der Waals surface area contributed by atoms with E-state index in [1.165, 1.54) is 31.7 Å². The zero-order valence-electron chi connectivity index (χ0n) is 11.4. The van der Waals surface area contributed by atoms with Crippen LogP contribution < -0.4 is 5.32 Å². The molecule has 0 aromatic heterocycles. The standard InChI is InChI=1S/C15H21F2NO.ClH/c16-13-8-7-11(9-14(13)17)15(19)10-18-12-5-3-1-2-4-6-12;/h7-9,12,15,18-19H,1-6,10H2;1H. The number of hydrogen-bond acceptors (Lipinski definition) is 2. The van der Waals surface area contributed by atoms with Gasteiger partial charge >= 0.3 is 0 Å². The molecule has 2 N–H and O–H groups in total. The lowest BCUT2D eigenvalue weighted by atomic mass is 10.1. The van der Waals surface area contributed by atoms with Gasteiger partial charge in [-0.25, -0.2) is 8.78 Å². The van der Waals surface area contributed by atoms with Gasteiger partial charge in [0.1, 0.15) is 0 Å². The first-order valence-corrected chi connectivity index (χ1v) is 7.03. The number of hydrogen-bond donors (Lipinski definition) is 2. The fourth-order valence-electron chi connectivity index (χ4n) is 2.60. The first kappa shape index (κ1) is 17.3. The van der Waals surface area contributed by atoms with Gasteiger partial charge < -0.3 is 10.4 Å². The molecule has 0 spiro atoms. The third-order valence-electron chi connectivity index (χ3n) is 3.78. The maximum atomic E-state index is 13.1. The second-order valence-electron chi connectivity index (χ2n) is 5.29. The summed E-state index contributed by atoms with van der Waals surface area (Å²) in [6.07, 6.45) is 6.47. The molecule has 1 fully saturated rings. The van der Waals surface area contributed by atoms with E-state index in [9.17, 15) is 13.9 Å². The first-order chi connectivity index (χ1) is 9.16. The predicted molar refractivity (Wildman–Crippen MR) is 78.1 cm³/mol. The quantitative estimate of drug-likeness (QED) is 0.831. The highest BCUT2D eigenvalue weighted by atomic mass is 35.5. The molecule has 1 atom stereocenters. The molecule has 2 rings (SSSR count). The van der Waals surface area contributed by atoms with Gasteiger partial charge in [-0.05, 0) is 30.5 Å². The molecule has 0 saturated heterocycles. The van der Waals surface area contributed by atoms with Crippen LogP contribution in [0.5, 0.6) is 0 Å². The highest BCUT2D eigenvalue weighted by Crippen LogP contribution is 2.19. The van der Waals surface area contributed by atoms with E-state index in [-0.39, 0.29) is 12.4 Å². The van der Waals surface area contributed by atoms with E-state index in [0.29, 0.717) is 18.2 Å². The molecular weight excluding hydrogens is 284 g/mol. The van der Waals surface area contributed by atoms with Crippen molar-refractivity contribution in [3.8, 4) is 0 Å². The Balaban J connectivity index is 0.00000200. The SMILES string of the molecule is Cl.OC(CNC1CCCCCC1)c1ccc(F)c(F)c1. The van der Waals surface area contributed by atoms with E-state index in [1.807, 2.05) is 0 Å². The Bertz CT molecular complexity index is 409. The molecule has 1 saturated carbocycles. The van der Waals surface area contributed by atoms with E-state index >= 15 is 0 Å².